The maximum atomic E-state index is 11.9. The third-order valence-electron chi connectivity index (χ3n) is 3.01. The van der Waals surface area contributed by atoms with Crippen molar-refractivity contribution in [2.75, 3.05) is 32.4 Å². The Morgan fingerprint density at radius 3 is 2.47 bits per heavy atom. The number of fused-ring (bicyclic) bond motifs is 2. The van der Waals surface area contributed by atoms with E-state index in [0.717, 1.165) is 12.8 Å². The van der Waals surface area contributed by atoms with E-state index in [2.05, 4.69) is 5.32 Å². The Morgan fingerprint density at radius 2 is 1.93 bits per heavy atom. The van der Waals surface area contributed by atoms with Gasteiger partial charge in [-0.15, -0.1) is 0 Å². The summed E-state index contributed by atoms with van der Waals surface area (Å²) in [6.45, 7) is 1.60. The van der Waals surface area contributed by atoms with E-state index in [9.17, 15) is 8.42 Å². The van der Waals surface area contributed by atoms with E-state index in [0.29, 0.717) is 19.6 Å². The summed E-state index contributed by atoms with van der Waals surface area (Å²) >= 11 is 0. The monoisotopic (exact) mass is 234 g/mol. The largest absolute Gasteiger partial charge is 0.372 e. The summed E-state index contributed by atoms with van der Waals surface area (Å²) in [7, 11) is -1.32. The topological polar surface area (TPSA) is 58.6 Å². The quantitative estimate of drug-likeness (QED) is 0.705. The molecule has 2 heterocycles. The molecule has 6 heteroatoms. The molecule has 5 nitrogen and oxygen atoms in total. The average Bonchev–Trinajstić information content (AvgIpc) is 2.54. The highest BCUT2D eigenvalue weighted by molar-refractivity contribution is 7.89. The van der Waals surface area contributed by atoms with Crippen LogP contribution in [0.4, 0.5) is 0 Å². The van der Waals surface area contributed by atoms with Crippen LogP contribution in [0.2, 0.25) is 0 Å². The van der Waals surface area contributed by atoms with E-state index in [1.54, 1.807) is 11.4 Å². The Kier molecular flexibility index (Phi) is 3.30. The Labute approximate surface area is 90.8 Å². The minimum Gasteiger partial charge on any atom is -0.372 e. The number of nitrogens with zero attached hydrogens (tertiary/aromatic N) is 1. The second-order valence-corrected chi connectivity index (χ2v) is 6.28. The Hall–Kier alpha value is -0.170. The van der Waals surface area contributed by atoms with Gasteiger partial charge in [0.1, 0.15) is 0 Å². The summed E-state index contributed by atoms with van der Waals surface area (Å²) in [5, 5.41) is 2.86. The Morgan fingerprint density at radius 1 is 1.33 bits per heavy atom. The SMILES string of the molecule is CNCCS(=O)(=O)N1CC2CCC(C1)O2. The highest BCUT2D eigenvalue weighted by Crippen LogP contribution is 2.27. The first-order chi connectivity index (χ1) is 7.12. The first-order valence-electron chi connectivity index (χ1n) is 5.39. The molecular formula is C9H18N2O3S. The van der Waals surface area contributed by atoms with Crippen LogP contribution in [0.15, 0.2) is 0 Å². The van der Waals surface area contributed by atoms with Gasteiger partial charge in [-0.1, -0.05) is 0 Å². The lowest BCUT2D eigenvalue weighted by molar-refractivity contribution is -0.0114. The molecular weight excluding hydrogens is 216 g/mol. The molecule has 0 radical (unpaired) electrons. The predicted octanol–water partition coefficient (Wildman–Crippen LogP) is -0.601. The van der Waals surface area contributed by atoms with Gasteiger partial charge in [0.05, 0.1) is 18.0 Å². The highest BCUT2D eigenvalue weighted by Gasteiger charge is 2.38. The maximum Gasteiger partial charge on any atom is 0.215 e. The zero-order valence-electron chi connectivity index (χ0n) is 8.98. The number of morpholine rings is 1. The molecule has 2 fully saturated rings. The second kappa shape index (κ2) is 4.37. The van der Waals surface area contributed by atoms with Crippen LogP contribution in [0.1, 0.15) is 12.8 Å². The number of hydrogen-bond donors (Lipinski definition) is 1. The summed E-state index contributed by atoms with van der Waals surface area (Å²) in [5.74, 6) is 0.183. The minimum absolute atomic E-state index is 0.133. The van der Waals surface area contributed by atoms with E-state index in [4.69, 9.17) is 4.74 Å². The van der Waals surface area contributed by atoms with E-state index >= 15 is 0 Å². The van der Waals surface area contributed by atoms with E-state index in [1.807, 2.05) is 0 Å². The molecule has 2 bridgehead atoms. The molecule has 2 rings (SSSR count). The molecule has 2 aliphatic heterocycles. The number of hydrogen-bond acceptors (Lipinski definition) is 4. The number of sulfonamides is 1. The van der Waals surface area contributed by atoms with Crippen LogP contribution < -0.4 is 5.32 Å². The number of rotatable bonds is 4. The molecule has 1 N–H and O–H groups in total. The van der Waals surface area contributed by atoms with Gasteiger partial charge in [-0.25, -0.2) is 8.42 Å². The van der Waals surface area contributed by atoms with Gasteiger partial charge in [0.25, 0.3) is 0 Å². The zero-order valence-corrected chi connectivity index (χ0v) is 9.79. The van der Waals surface area contributed by atoms with Crippen LogP contribution in [0.3, 0.4) is 0 Å². The Balaban J connectivity index is 1.98. The number of nitrogens with one attached hydrogen (secondary N) is 1. The molecule has 2 saturated heterocycles. The molecule has 0 aliphatic carbocycles. The fourth-order valence-corrected chi connectivity index (χ4v) is 3.67. The van der Waals surface area contributed by atoms with Gasteiger partial charge in [-0.05, 0) is 19.9 Å². The molecule has 0 aromatic carbocycles. The van der Waals surface area contributed by atoms with Crippen molar-refractivity contribution in [1.82, 2.24) is 9.62 Å². The van der Waals surface area contributed by atoms with Gasteiger partial charge < -0.3 is 10.1 Å². The van der Waals surface area contributed by atoms with Crippen molar-refractivity contribution >= 4 is 10.0 Å². The lowest BCUT2D eigenvalue weighted by Crippen LogP contribution is -2.47. The molecule has 2 atom stereocenters. The van der Waals surface area contributed by atoms with Gasteiger partial charge in [0, 0.05) is 19.6 Å². The Bertz CT molecular complexity index is 305. The van der Waals surface area contributed by atoms with Gasteiger partial charge in [0.15, 0.2) is 0 Å². The van der Waals surface area contributed by atoms with Crippen LogP contribution in [0.5, 0.6) is 0 Å². The van der Waals surface area contributed by atoms with Crippen LogP contribution >= 0.6 is 0 Å². The lowest BCUT2D eigenvalue weighted by Gasteiger charge is -2.31. The van der Waals surface area contributed by atoms with Gasteiger partial charge in [-0.3, -0.25) is 0 Å². The van der Waals surface area contributed by atoms with E-state index in [-0.39, 0.29) is 18.0 Å². The average molecular weight is 234 g/mol. The first kappa shape index (κ1) is 11.3. The third-order valence-corrected chi connectivity index (χ3v) is 4.82. The summed E-state index contributed by atoms with van der Waals surface area (Å²) in [6, 6.07) is 0. The molecule has 15 heavy (non-hydrogen) atoms. The summed E-state index contributed by atoms with van der Waals surface area (Å²) in [4.78, 5) is 0. The second-order valence-electron chi connectivity index (χ2n) is 4.19. The van der Waals surface area contributed by atoms with Crippen molar-refractivity contribution in [3.8, 4) is 0 Å². The molecule has 2 aliphatic rings. The number of ether oxygens (including phenoxy) is 1. The normalized spacial score (nSPS) is 32.1. The molecule has 2 unspecified atom stereocenters. The molecule has 0 spiro atoms. The maximum absolute atomic E-state index is 11.9. The summed E-state index contributed by atoms with van der Waals surface area (Å²) in [5.41, 5.74) is 0. The zero-order chi connectivity index (χ0) is 10.9. The molecule has 0 saturated carbocycles. The smallest absolute Gasteiger partial charge is 0.215 e. The van der Waals surface area contributed by atoms with Crippen molar-refractivity contribution in [2.45, 2.75) is 25.0 Å². The van der Waals surface area contributed by atoms with E-state index < -0.39 is 10.0 Å². The van der Waals surface area contributed by atoms with Crippen LogP contribution in [0.25, 0.3) is 0 Å². The van der Waals surface area contributed by atoms with Crippen LogP contribution in [-0.2, 0) is 14.8 Å². The van der Waals surface area contributed by atoms with Gasteiger partial charge >= 0.3 is 0 Å². The van der Waals surface area contributed by atoms with Crippen LogP contribution in [-0.4, -0.2) is 57.4 Å². The van der Waals surface area contributed by atoms with Crippen molar-refractivity contribution in [3.05, 3.63) is 0 Å². The predicted molar refractivity (Wildman–Crippen MR) is 57.2 cm³/mol. The van der Waals surface area contributed by atoms with Crippen molar-refractivity contribution < 1.29 is 13.2 Å². The third kappa shape index (κ3) is 2.50. The minimum atomic E-state index is -3.08. The lowest BCUT2D eigenvalue weighted by atomic mass is 10.2. The van der Waals surface area contributed by atoms with Crippen molar-refractivity contribution in [2.24, 2.45) is 0 Å². The van der Waals surface area contributed by atoms with E-state index in [1.165, 1.54) is 0 Å². The first-order valence-corrected chi connectivity index (χ1v) is 7.00. The van der Waals surface area contributed by atoms with Crippen LogP contribution in [0, 0.1) is 0 Å². The molecule has 88 valence electrons. The highest BCUT2D eigenvalue weighted by atomic mass is 32.2. The van der Waals surface area contributed by atoms with Gasteiger partial charge in [0.2, 0.25) is 10.0 Å². The van der Waals surface area contributed by atoms with Crippen molar-refractivity contribution in [1.29, 1.82) is 0 Å². The van der Waals surface area contributed by atoms with Crippen molar-refractivity contribution in [3.63, 3.8) is 0 Å². The molecule has 0 aromatic rings. The fourth-order valence-electron chi connectivity index (χ4n) is 2.16. The molecule has 0 amide bonds. The summed E-state index contributed by atoms with van der Waals surface area (Å²) < 4.78 is 31.0. The summed E-state index contributed by atoms with van der Waals surface area (Å²) in [6.07, 6.45) is 2.27. The standard InChI is InChI=1S/C9H18N2O3S/c1-10-4-5-15(12,13)11-6-8-2-3-9(7-11)14-8/h8-10H,2-7H2,1H3. The van der Waals surface area contributed by atoms with Gasteiger partial charge in [-0.2, -0.15) is 4.31 Å². The molecule has 0 aromatic heterocycles. The fraction of sp³-hybridized carbons (Fsp3) is 1.00.